The number of rotatable bonds is 6. The summed E-state index contributed by atoms with van der Waals surface area (Å²) >= 11 is 0. The predicted molar refractivity (Wildman–Crippen MR) is 90.8 cm³/mol. The number of para-hydroxylation sites is 1. The topological polar surface area (TPSA) is 53.2 Å². The van der Waals surface area contributed by atoms with Crippen molar-refractivity contribution in [3.63, 3.8) is 0 Å². The molecule has 0 spiro atoms. The largest absolute Gasteiger partial charge is 0.339 e. The van der Waals surface area contributed by atoms with Crippen LogP contribution in [0.15, 0.2) is 41.2 Å². The number of carbonyl (C=O) groups excluding carboxylic acids is 1. The molecule has 0 atom stereocenters. The first-order valence-electron chi connectivity index (χ1n) is 7.74. The summed E-state index contributed by atoms with van der Waals surface area (Å²) in [5, 5.41) is 0.952. The van der Waals surface area contributed by atoms with Gasteiger partial charge < -0.3 is 9.88 Å². The van der Waals surface area contributed by atoms with E-state index in [9.17, 15) is 9.59 Å². The van der Waals surface area contributed by atoms with E-state index in [4.69, 9.17) is 0 Å². The number of aromatic nitrogens is 1. The summed E-state index contributed by atoms with van der Waals surface area (Å²) in [6, 6.07) is 9.40. The second-order valence-electron chi connectivity index (χ2n) is 5.30. The Morgan fingerprint density at radius 1 is 1.18 bits per heavy atom. The van der Waals surface area contributed by atoms with Crippen molar-refractivity contribution in [3.05, 3.63) is 52.3 Å². The Morgan fingerprint density at radius 3 is 2.55 bits per heavy atom. The van der Waals surface area contributed by atoms with Crippen LogP contribution in [0.5, 0.6) is 0 Å². The van der Waals surface area contributed by atoms with Crippen LogP contribution < -0.4 is 5.56 Å². The smallest absolute Gasteiger partial charge is 0.255 e. The van der Waals surface area contributed by atoms with Crippen LogP contribution in [-0.2, 0) is 4.79 Å². The Morgan fingerprint density at radius 2 is 1.86 bits per heavy atom. The minimum atomic E-state index is -0.180. The summed E-state index contributed by atoms with van der Waals surface area (Å²) in [6.07, 6.45) is 4.95. The van der Waals surface area contributed by atoms with Crippen molar-refractivity contribution in [3.8, 4) is 0 Å². The Balaban J connectivity index is 2.23. The SMILES string of the molecule is CCCN(CCC)C(=O)/C=C/c1cc2ccccc2[nH]c1=O. The van der Waals surface area contributed by atoms with E-state index in [1.807, 2.05) is 49.1 Å². The van der Waals surface area contributed by atoms with Crippen LogP contribution in [0.3, 0.4) is 0 Å². The molecule has 2 rings (SSSR count). The Bertz CT molecular complexity index is 725. The quantitative estimate of drug-likeness (QED) is 0.833. The Kier molecular flexibility index (Phi) is 5.53. The number of hydrogen-bond donors (Lipinski definition) is 1. The summed E-state index contributed by atoms with van der Waals surface area (Å²) < 4.78 is 0. The number of nitrogens with one attached hydrogen (secondary N) is 1. The molecule has 2 aromatic rings. The van der Waals surface area contributed by atoms with Crippen molar-refractivity contribution in [1.29, 1.82) is 0 Å². The van der Waals surface area contributed by atoms with Crippen molar-refractivity contribution in [1.82, 2.24) is 9.88 Å². The lowest BCUT2D eigenvalue weighted by atomic mass is 10.1. The molecule has 0 unspecified atom stereocenters. The molecule has 1 aromatic carbocycles. The second kappa shape index (κ2) is 7.59. The number of nitrogens with zero attached hydrogens (tertiary/aromatic N) is 1. The molecule has 0 bridgehead atoms. The first-order valence-corrected chi connectivity index (χ1v) is 7.74. The number of H-pyrrole nitrogens is 1. The highest BCUT2D eigenvalue weighted by atomic mass is 16.2. The van der Waals surface area contributed by atoms with E-state index in [2.05, 4.69) is 4.98 Å². The highest BCUT2D eigenvalue weighted by Crippen LogP contribution is 2.11. The van der Waals surface area contributed by atoms with E-state index < -0.39 is 0 Å². The molecular formula is C18H22N2O2. The summed E-state index contributed by atoms with van der Waals surface area (Å²) in [6.45, 7) is 5.58. The maximum Gasteiger partial charge on any atom is 0.255 e. The zero-order valence-electron chi connectivity index (χ0n) is 13.1. The Hall–Kier alpha value is -2.36. The fourth-order valence-corrected chi connectivity index (χ4v) is 2.43. The third kappa shape index (κ3) is 3.85. The van der Waals surface area contributed by atoms with E-state index in [-0.39, 0.29) is 11.5 Å². The van der Waals surface area contributed by atoms with Gasteiger partial charge in [0.25, 0.3) is 5.56 Å². The number of hydrogen-bond acceptors (Lipinski definition) is 2. The fourth-order valence-electron chi connectivity index (χ4n) is 2.43. The van der Waals surface area contributed by atoms with Crippen LogP contribution in [0.4, 0.5) is 0 Å². The molecule has 4 nitrogen and oxygen atoms in total. The molecule has 0 saturated carbocycles. The number of aromatic amines is 1. The highest BCUT2D eigenvalue weighted by Gasteiger charge is 2.08. The van der Waals surface area contributed by atoms with Crippen molar-refractivity contribution < 1.29 is 4.79 Å². The van der Waals surface area contributed by atoms with E-state index in [0.29, 0.717) is 5.56 Å². The molecule has 0 saturated heterocycles. The minimum absolute atomic E-state index is 0.0451. The lowest BCUT2D eigenvalue weighted by molar-refractivity contribution is -0.126. The van der Waals surface area contributed by atoms with Crippen molar-refractivity contribution in [2.75, 3.05) is 13.1 Å². The van der Waals surface area contributed by atoms with Gasteiger partial charge in [0.1, 0.15) is 0 Å². The van der Waals surface area contributed by atoms with Gasteiger partial charge in [0, 0.05) is 30.2 Å². The number of fused-ring (bicyclic) bond motifs is 1. The van der Waals surface area contributed by atoms with Gasteiger partial charge in [-0.15, -0.1) is 0 Å². The van der Waals surface area contributed by atoms with Crippen LogP contribution in [-0.4, -0.2) is 28.9 Å². The van der Waals surface area contributed by atoms with Gasteiger partial charge in [-0.3, -0.25) is 9.59 Å². The predicted octanol–water partition coefficient (Wildman–Crippen LogP) is 3.19. The van der Waals surface area contributed by atoms with Crippen molar-refractivity contribution >= 4 is 22.9 Å². The lowest BCUT2D eigenvalue weighted by Gasteiger charge is -2.19. The number of pyridine rings is 1. The van der Waals surface area contributed by atoms with Gasteiger partial charge in [-0.1, -0.05) is 32.0 Å². The molecule has 22 heavy (non-hydrogen) atoms. The Labute approximate surface area is 130 Å². The molecule has 1 aromatic heterocycles. The van der Waals surface area contributed by atoms with E-state index in [1.165, 1.54) is 6.08 Å². The second-order valence-corrected chi connectivity index (χ2v) is 5.30. The third-order valence-electron chi connectivity index (χ3n) is 3.49. The molecule has 0 aliphatic rings. The van der Waals surface area contributed by atoms with Crippen molar-refractivity contribution in [2.45, 2.75) is 26.7 Å². The average Bonchev–Trinajstić information content (AvgIpc) is 2.52. The van der Waals surface area contributed by atoms with E-state index in [1.54, 1.807) is 6.08 Å². The van der Waals surface area contributed by atoms with E-state index in [0.717, 1.165) is 36.8 Å². The van der Waals surface area contributed by atoms with Gasteiger partial charge in [0.15, 0.2) is 0 Å². The maximum atomic E-state index is 12.2. The molecule has 0 radical (unpaired) electrons. The molecule has 0 fully saturated rings. The normalized spacial score (nSPS) is 11.2. The fraction of sp³-hybridized carbons (Fsp3) is 0.333. The number of carbonyl (C=O) groups is 1. The lowest BCUT2D eigenvalue weighted by Crippen LogP contribution is -2.30. The molecule has 1 amide bonds. The zero-order valence-corrected chi connectivity index (χ0v) is 13.1. The first kappa shape index (κ1) is 16.0. The maximum absolute atomic E-state index is 12.2. The number of amides is 1. The molecule has 1 N–H and O–H groups in total. The van der Waals surface area contributed by atoms with Gasteiger partial charge in [0.05, 0.1) is 0 Å². The number of benzene rings is 1. The van der Waals surface area contributed by atoms with Crippen LogP contribution in [0, 0.1) is 0 Å². The monoisotopic (exact) mass is 298 g/mol. The summed E-state index contributed by atoms with van der Waals surface area (Å²) in [4.78, 5) is 28.9. The molecular weight excluding hydrogens is 276 g/mol. The van der Waals surface area contributed by atoms with Crippen molar-refractivity contribution in [2.24, 2.45) is 0 Å². The molecule has 1 heterocycles. The van der Waals surface area contributed by atoms with Gasteiger partial charge in [0.2, 0.25) is 5.91 Å². The molecule has 0 aliphatic carbocycles. The first-order chi connectivity index (χ1) is 10.7. The molecule has 0 aliphatic heterocycles. The summed E-state index contributed by atoms with van der Waals surface area (Å²) in [5.74, 6) is -0.0451. The van der Waals surface area contributed by atoms with Crippen LogP contribution in [0.25, 0.3) is 17.0 Å². The van der Waals surface area contributed by atoms with Crippen LogP contribution in [0.1, 0.15) is 32.3 Å². The van der Waals surface area contributed by atoms with Gasteiger partial charge in [-0.2, -0.15) is 0 Å². The van der Waals surface area contributed by atoms with Crippen LogP contribution in [0.2, 0.25) is 0 Å². The summed E-state index contributed by atoms with van der Waals surface area (Å²) in [7, 11) is 0. The van der Waals surface area contributed by atoms with E-state index >= 15 is 0 Å². The standard InChI is InChI=1S/C18H22N2O2/c1-3-11-20(12-4-2)17(21)10-9-15-13-14-7-5-6-8-16(14)19-18(15)22/h5-10,13H,3-4,11-12H2,1-2H3,(H,19,22)/b10-9+. The van der Waals surface area contributed by atoms with Gasteiger partial charge >= 0.3 is 0 Å². The molecule has 4 heteroatoms. The third-order valence-corrected chi connectivity index (χ3v) is 3.49. The zero-order chi connectivity index (χ0) is 15.9. The summed E-state index contributed by atoms with van der Waals surface area (Å²) in [5.41, 5.74) is 1.12. The van der Waals surface area contributed by atoms with Gasteiger partial charge in [-0.05, 0) is 36.4 Å². The van der Waals surface area contributed by atoms with Crippen LogP contribution >= 0.6 is 0 Å². The molecule has 116 valence electrons. The average molecular weight is 298 g/mol. The van der Waals surface area contributed by atoms with Gasteiger partial charge in [-0.25, -0.2) is 0 Å². The highest BCUT2D eigenvalue weighted by molar-refractivity contribution is 5.92. The minimum Gasteiger partial charge on any atom is -0.339 e.